The summed E-state index contributed by atoms with van der Waals surface area (Å²) in [5.74, 6) is 0.0308. The zero-order valence-corrected chi connectivity index (χ0v) is 14.1. The summed E-state index contributed by atoms with van der Waals surface area (Å²) in [4.78, 5) is 25.2. The quantitative estimate of drug-likeness (QED) is 0.723. The molecule has 1 fully saturated rings. The molecule has 0 unspecified atom stereocenters. The number of nitrogen functional groups attached to an aromatic ring is 1. The molecule has 0 radical (unpaired) electrons. The Balaban J connectivity index is 0.000000196. The molecule has 0 spiro atoms. The zero-order valence-electron chi connectivity index (χ0n) is 13.3. The Labute approximate surface area is 148 Å². The average molecular weight is 365 g/mol. The molecule has 0 saturated carbocycles. The molecular formula is C16H19N3O5S. The summed E-state index contributed by atoms with van der Waals surface area (Å²) in [6.07, 6.45) is 1.30. The van der Waals surface area contributed by atoms with Crippen LogP contribution in [-0.2, 0) is 16.0 Å². The van der Waals surface area contributed by atoms with E-state index in [1.54, 1.807) is 24.4 Å². The fraction of sp³-hybridized carbons (Fsp3) is 0.312. The van der Waals surface area contributed by atoms with E-state index >= 15 is 0 Å². The highest BCUT2D eigenvalue weighted by Crippen LogP contribution is 2.30. The Kier molecular flexibility index (Phi) is 6.99. The van der Waals surface area contributed by atoms with Crippen molar-refractivity contribution < 1.29 is 19.7 Å². The van der Waals surface area contributed by atoms with E-state index in [-0.39, 0.29) is 30.5 Å². The largest absolute Gasteiger partial charge is 0.481 e. The lowest BCUT2D eigenvalue weighted by atomic mass is 10.2. The maximum absolute atomic E-state index is 11.4. The van der Waals surface area contributed by atoms with Crippen molar-refractivity contribution in [2.75, 3.05) is 18.1 Å². The first-order valence-electron chi connectivity index (χ1n) is 7.48. The van der Waals surface area contributed by atoms with E-state index in [1.807, 2.05) is 18.2 Å². The maximum Gasteiger partial charge on any atom is 0.351 e. The van der Waals surface area contributed by atoms with Crippen molar-refractivity contribution in [2.24, 2.45) is 0 Å². The Morgan fingerprint density at radius 2 is 2.08 bits per heavy atom. The van der Waals surface area contributed by atoms with Gasteiger partial charge in [-0.1, -0.05) is 30.3 Å². The van der Waals surface area contributed by atoms with Gasteiger partial charge in [0, 0.05) is 11.9 Å². The van der Waals surface area contributed by atoms with Gasteiger partial charge in [0.2, 0.25) is 0 Å². The first kappa shape index (κ1) is 19.0. The highest BCUT2D eigenvalue weighted by Gasteiger charge is 2.27. The molecule has 1 aliphatic rings. The molecule has 0 bridgehead atoms. The van der Waals surface area contributed by atoms with Crippen molar-refractivity contribution in [2.45, 2.75) is 18.1 Å². The number of ether oxygens (including phenoxy) is 1. The van der Waals surface area contributed by atoms with Crippen LogP contribution in [-0.4, -0.2) is 43.5 Å². The van der Waals surface area contributed by atoms with Crippen LogP contribution in [0.4, 0.5) is 5.82 Å². The van der Waals surface area contributed by atoms with Gasteiger partial charge in [-0.2, -0.15) is 4.98 Å². The number of hydrogen-bond donors (Lipinski definition) is 3. The molecule has 1 aromatic heterocycles. The van der Waals surface area contributed by atoms with Crippen LogP contribution in [0.2, 0.25) is 0 Å². The van der Waals surface area contributed by atoms with Gasteiger partial charge in [0.25, 0.3) is 0 Å². The fourth-order valence-corrected chi connectivity index (χ4v) is 3.03. The number of carboxylic acid groups (broad SMARTS) is 1. The Hall–Kier alpha value is -2.36. The molecule has 134 valence electrons. The third kappa shape index (κ3) is 5.89. The Bertz CT molecular complexity index is 753. The first-order chi connectivity index (χ1) is 12.0. The van der Waals surface area contributed by atoms with Gasteiger partial charge in [0.05, 0.1) is 13.0 Å². The monoisotopic (exact) mass is 365 g/mol. The number of benzene rings is 1. The maximum atomic E-state index is 11.4. The van der Waals surface area contributed by atoms with Crippen LogP contribution in [0.15, 0.2) is 47.4 Å². The lowest BCUT2D eigenvalue weighted by Gasteiger charge is -2.13. The van der Waals surface area contributed by atoms with E-state index in [9.17, 15) is 9.59 Å². The van der Waals surface area contributed by atoms with Crippen LogP contribution >= 0.6 is 11.8 Å². The van der Waals surface area contributed by atoms with Gasteiger partial charge in [-0.25, -0.2) is 4.79 Å². The fourth-order valence-electron chi connectivity index (χ4n) is 2.10. The van der Waals surface area contributed by atoms with Gasteiger partial charge in [-0.15, -0.1) is 11.8 Å². The number of hydrogen-bond acceptors (Lipinski definition) is 7. The standard InChI is InChI=1S/C8H11N3O3S.C8H8O2/c9-5-1-2-11(8(13)10-5)6-4-15-7(3-12)14-6;9-8(10)6-7-4-2-1-3-5-7/h1-2,6-7,12H,3-4H2,(H2,9,10,13);1-5H,6H2,(H,9,10)/t6-,7+;/m0./s1. The molecule has 1 aromatic carbocycles. The van der Waals surface area contributed by atoms with Gasteiger partial charge in [-0.3, -0.25) is 9.36 Å². The van der Waals surface area contributed by atoms with Crippen molar-refractivity contribution in [1.29, 1.82) is 0 Å². The Morgan fingerprint density at radius 1 is 1.36 bits per heavy atom. The zero-order chi connectivity index (χ0) is 18.2. The lowest BCUT2D eigenvalue weighted by Crippen LogP contribution is -2.28. The van der Waals surface area contributed by atoms with Crippen LogP contribution in [0.25, 0.3) is 0 Å². The highest BCUT2D eigenvalue weighted by atomic mass is 32.2. The van der Waals surface area contributed by atoms with E-state index in [4.69, 9.17) is 20.7 Å². The summed E-state index contributed by atoms with van der Waals surface area (Å²) in [6.45, 7) is -0.0572. The van der Waals surface area contributed by atoms with Crippen molar-refractivity contribution in [1.82, 2.24) is 9.55 Å². The van der Waals surface area contributed by atoms with Gasteiger partial charge < -0.3 is 20.7 Å². The van der Waals surface area contributed by atoms with Crippen molar-refractivity contribution >= 4 is 23.5 Å². The summed E-state index contributed by atoms with van der Waals surface area (Å²) in [6, 6.07) is 10.7. The average Bonchev–Trinajstić information content (AvgIpc) is 3.04. The number of aliphatic hydroxyl groups excluding tert-OH is 1. The number of nitrogens with zero attached hydrogens (tertiary/aromatic N) is 2. The second-order valence-corrected chi connectivity index (χ2v) is 6.33. The van der Waals surface area contributed by atoms with Crippen molar-refractivity contribution in [3.05, 3.63) is 58.6 Å². The van der Waals surface area contributed by atoms with Crippen LogP contribution in [0.5, 0.6) is 0 Å². The van der Waals surface area contributed by atoms with E-state index in [2.05, 4.69) is 4.98 Å². The third-order valence-corrected chi connectivity index (χ3v) is 4.35. The SMILES string of the molecule is Nc1ccn([C@@H]2CS[C@H](CO)O2)c(=O)n1.O=C(O)Cc1ccccc1. The number of aromatic nitrogens is 2. The molecule has 0 amide bonds. The lowest BCUT2D eigenvalue weighted by molar-refractivity contribution is -0.136. The molecule has 2 aromatic rings. The smallest absolute Gasteiger partial charge is 0.351 e. The number of aliphatic carboxylic acids is 1. The molecule has 1 saturated heterocycles. The van der Waals surface area contributed by atoms with Crippen molar-refractivity contribution in [3.63, 3.8) is 0 Å². The minimum atomic E-state index is -0.786. The summed E-state index contributed by atoms with van der Waals surface area (Å²) in [7, 11) is 0. The number of thioether (sulfide) groups is 1. The second-order valence-electron chi connectivity index (χ2n) is 5.13. The summed E-state index contributed by atoms with van der Waals surface area (Å²) in [5, 5.41) is 17.2. The predicted molar refractivity (Wildman–Crippen MR) is 94.1 cm³/mol. The molecule has 25 heavy (non-hydrogen) atoms. The molecule has 1 aliphatic heterocycles. The molecular weight excluding hydrogens is 346 g/mol. The van der Waals surface area contributed by atoms with Gasteiger partial charge in [0.15, 0.2) is 0 Å². The molecule has 2 heterocycles. The van der Waals surface area contributed by atoms with E-state index in [1.165, 1.54) is 16.3 Å². The molecule has 2 atom stereocenters. The molecule has 4 N–H and O–H groups in total. The summed E-state index contributed by atoms with van der Waals surface area (Å²) < 4.78 is 6.79. The highest BCUT2D eigenvalue weighted by molar-refractivity contribution is 8.00. The molecule has 0 aliphatic carbocycles. The minimum Gasteiger partial charge on any atom is -0.481 e. The topological polar surface area (TPSA) is 128 Å². The van der Waals surface area contributed by atoms with Crippen LogP contribution in [0.1, 0.15) is 11.8 Å². The first-order valence-corrected chi connectivity index (χ1v) is 8.52. The third-order valence-electron chi connectivity index (χ3n) is 3.24. The molecule has 8 nitrogen and oxygen atoms in total. The van der Waals surface area contributed by atoms with Crippen LogP contribution < -0.4 is 11.4 Å². The van der Waals surface area contributed by atoms with Gasteiger partial charge in [0.1, 0.15) is 17.5 Å². The second kappa shape index (κ2) is 9.21. The van der Waals surface area contributed by atoms with Crippen LogP contribution in [0, 0.1) is 0 Å². The number of nitrogens with two attached hydrogens (primary N) is 1. The van der Waals surface area contributed by atoms with Crippen molar-refractivity contribution in [3.8, 4) is 0 Å². The van der Waals surface area contributed by atoms with Crippen LogP contribution in [0.3, 0.4) is 0 Å². The predicted octanol–water partition coefficient (Wildman–Crippen LogP) is 0.720. The van der Waals surface area contributed by atoms with E-state index in [0.29, 0.717) is 5.75 Å². The molecule has 9 heteroatoms. The Morgan fingerprint density at radius 3 is 2.64 bits per heavy atom. The minimum absolute atomic E-state index is 0.0572. The summed E-state index contributed by atoms with van der Waals surface area (Å²) in [5.41, 5.74) is 5.52. The summed E-state index contributed by atoms with van der Waals surface area (Å²) >= 11 is 1.47. The number of aliphatic hydroxyl groups is 1. The van der Waals surface area contributed by atoms with E-state index in [0.717, 1.165) is 5.56 Å². The number of rotatable bonds is 4. The van der Waals surface area contributed by atoms with Gasteiger partial charge >= 0.3 is 11.7 Å². The number of carboxylic acids is 1. The normalized spacial score (nSPS) is 19.1. The van der Waals surface area contributed by atoms with E-state index < -0.39 is 11.7 Å². The number of carbonyl (C=O) groups is 1. The van der Waals surface area contributed by atoms with Gasteiger partial charge in [-0.05, 0) is 11.6 Å². The number of anilines is 1. The molecule has 3 rings (SSSR count).